The Morgan fingerprint density at radius 1 is 0.955 bits per heavy atom. The Morgan fingerprint density at radius 3 is 2.09 bits per heavy atom. The Balaban J connectivity index is 2.38. The third-order valence-corrected chi connectivity index (χ3v) is 3.75. The molecular weight excluding hydrogens is 280 g/mol. The Bertz CT molecular complexity index is 716. The zero-order chi connectivity index (χ0) is 16.3. The van der Waals surface area contributed by atoms with E-state index in [1.807, 2.05) is 18.2 Å². The van der Waals surface area contributed by atoms with E-state index in [9.17, 15) is 14.7 Å². The van der Waals surface area contributed by atoms with E-state index in [0.717, 1.165) is 35.6 Å². The Morgan fingerprint density at radius 2 is 1.55 bits per heavy atom. The van der Waals surface area contributed by atoms with Crippen molar-refractivity contribution in [2.24, 2.45) is 5.92 Å². The minimum Gasteiger partial charge on any atom is -0.478 e. The summed E-state index contributed by atoms with van der Waals surface area (Å²) in [6.45, 7) is 4.37. The molecule has 4 nitrogen and oxygen atoms in total. The molecular formula is C18H20O4. The molecule has 0 bridgehead atoms. The monoisotopic (exact) mass is 300 g/mol. The molecule has 2 rings (SSSR count). The number of benzene rings is 2. The third-order valence-electron chi connectivity index (χ3n) is 3.75. The van der Waals surface area contributed by atoms with E-state index in [0.29, 0.717) is 5.92 Å². The number of carboxylic acids is 2. The Kier molecular flexibility index (Phi) is 4.81. The molecule has 4 heteroatoms. The van der Waals surface area contributed by atoms with Crippen molar-refractivity contribution in [1.29, 1.82) is 0 Å². The van der Waals surface area contributed by atoms with E-state index < -0.39 is 11.9 Å². The van der Waals surface area contributed by atoms with Crippen molar-refractivity contribution in [2.75, 3.05) is 0 Å². The summed E-state index contributed by atoms with van der Waals surface area (Å²) in [6, 6.07) is 8.67. The largest absolute Gasteiger partial charge is 0.478 e. The molecule has 22 heavy (non-hydrogen) atoms. The van der Waals surface area contributed by atoms with E-state index in [-0.39, 0.29) is 11.1 Å². The van der Waals surface area contributed by atoms with Gasteiger partial charge in [-0.1, -0.05) is 38.5 Å². The third kappa shape index (κ3) is 3.64. The van der Waals surface area contributed by atoms with Crippen molar-refractivity contribution in [3.63, 3.8) is 0 Å². The summed E-state index contributed by atoms with van der Waals surface area (Å²) in [5.41, 5.74) is 0.805. The molecule has 0 saturated heterocycles. The van der Waals surface area contributed by atoms with Gasteiger partial charge in [0, 0.05) is 0 Å². The van der Waals surface area contributed by atoms with Gasteiger partial charge in [-0.3, -0.25) is 0 Å². The number of aromatic carboxylic acids is 2. The molecule has 116 valence electrons. The molecule has 0 aromatic heterocycles. The molecule has 2 N–H and O–H groups in total. The fourth-order valence-electron chi connectivity index (χ4n) is 2.57. The lowest BCUT2D eigenvalue weighted by Crippen LogP contribution is -2.08. The summed E-state index contributed by atoms with van der Waals surface area (Å²) < 4.78 is 0. The average Bonchev–Trinajstić information content (AvgIpc) is 2.45. The fourth-order valence-corrected chi connectivity index (χ4v) is 2.57. The Labute approximate surface area is 129 Å². The van der Waals surface area contributed by atoms with Crippen LogP contribution in [0.2, 0.25) is 0 Å². The lowest BCUT2D eigenvalue weighted by atomic mass is 9.97. The van der Waals surface area contributed by atoms with Crippen LogP contribution in [0.1, 0.15) is 53.0 Å². The first kappa shape index (κ1) is 16.0. The van der Waals surface area contributed by atoms with E-state index >= 15 is 0 Å². The predicted octanol–water partition coefficient (Wildman–Crippen LogP) is 4.21. The molecule has 0 saturated carbocycles. The number of aryl methyl sites for hydroxylation is 1. The lowest BCUT2D eigenvalue weighted by Gasteiger charge is -2.08. The van der Waals surface area contributed by atoms with Gasteiger partial charge in [0.25, 0.3) is 0 Å². The number of fused-ring (bicyclic) bond motifs is 1. The standard InChI is InChI=1S/C18H20O4/c1-11(2)4-3-5-12-6-7-13-9-15(17(19)20)16(18(21)22)10-14(13)8-12/h6-11H,3-5H2,1-2H3,(H,19,20)(H,21,22). The van der Waals surface area contributed by atoms with Gasteiger partial charge in [-0.05, 0) is 47.2 Å². The zero-order valence-corrected chi connectivity index (χ0v) is 12.8. The predicted molar refractivity (Wildman–Crippen MR) is 85.6 cm³/mol. The second kappa shape index (κ2) is 6.60. The van der Waals surface area contributed by atoms with E-state index in [2.05, 4.69) is 13.8 Å². The van der Waals surface area contributed by atoms with Gasteiger partial charge in [0.2, 0.25) is 0 Å². The highest BCUT2D eigenvalue weighted by Gasteiger charge is 2.17. The van der Waals surface area contributed by atoms with E-state index in [1.165, 1.54) is 12.1 Å². The second-order valence-electron chi connectivity index (χ2n) is 5.98. The molecule has 0 unspecified atom stereocenters. The van der Waals surface area contributed by atoms with Gasteiger partial charge in [0.05, 0.1) is 11.1 Å². The minimum absolute atomic E-state index is 0.167. The first-order valence-corrected chi connectivity index (χ1v) is 7.41. The topological polar surface area (TPSA) is 74.6 Å². The highest BCUT2D eigenvalue weighted by molar-refractivity contribution is 6.06. The number of hydrogen-bond acceptors (Lipinski definition) is 2. The van der Waals surface area contributed by atoms with Crippen molar-refractivity contribution in [2.45, 2.75) is 33.1 Å². The summed E-state index contributed by atoms with van der Waals surface area (Å²) in [5, 5.41) is 19.8. The van der Waals surface area contributed by atoms with Crippen LogP contribution in [-0.2, 0) is 6.42 Å². The molecule has 0 fully saturated rings. The first-order valence-electron chi connectivity index (χ1n) is 7.41. The minimum atomic E-state index is -1.22. The van der Waals surface area contributed by atoms with Crippen LogP contribution >= 0.6 is 0 Å². The van der Waals surface area contributed by atoms with Crippen molar-refractivity contribution >= 4 is 22.7 Å². The van der Waals surface area contributed by atoms with Crippen LogP contribution in [0.4, 0.5) is 0 Å². The van der Waals surface area contributed by atoms with Crippen LogP contribution in [0.15, 0.2) is 30.3 Å². The Hall–Kier alpha value is -2.36. The molecule has 2 aromatic rings. The van der Waals surface area contributed by atoms with Crippen molar-refractivity contribution in [1.82, 2.24) is 0 Å². The number of rotatable bonds is 6. The molecule has 0 radical (unpaired) electrons. The van der Waals surface area contributed by atoms with Gasteiger partial charge in [0.1, 0.15) is 0 Å². The maximum atomic E-state index is 11.2. The van der Waals surface area contributed by atoms with Crippen molar-refractivity contribution in [3.05, 3.63) is 47.0 Å². The normalized spacial score (nSPS) is 11.0. The molecule has 0 amide bonds. The summed E-state index contributed by atoms with van der Waals surface area (Å²) in [5.74, 6) is -1.78. The summed E-state index contributed by atoms with van der Waals surface area (Å²) in [4.78, 5) is 22.4. The maximum Gasteiger partial charge on any atom is 0.336 e. The van der Waals surface area contributed by atoms with Crippen LogP contribution in [-0.4, -0.2) is 22.2 Å². The smallest absolute Gasteiger partial charge is 0.336 e. The molecule has 0 aliphatic carbocycles. The highest BCUT2D eigenvalue weighted by Crippen LogP contribution is 2.23. The first-order chi connectivity index (χ1) is 10.4. The summed E-state index contributed by atoms with van der Waals surface area (Å²) in [7, 11) is 0. The SMILES string of the molecule is CC(C)CCCc1ccc2cc(C(=O)O)c(C(=O)O)cc2c1. The van der Waals surface area contributed by atoms with Gasteiger partial charge in [-0.2, -0.15) is 0 Å². The van der Waals surface area contributed by atoms with Crippen LogP contribution in [0.3, 0.4) is 0 Å². The van der Waals surface area contributed by atoms with Crippen LogP contribution in [0.25, 0.3) is 10.8 Å². The van der Waals surface area contributed by atoms with Crippen LogP contribution in [0.5, 0.6) is 0 Å². The number of carbonyl (C=O) groups is 2. The van der Waals surface area contributed by atoms with Gasteiger partial charge in [-0.15, -0.1) is 0 Å². The van der Waals surface area contributed by atoms with Crippen LogP contribution in [0, 0.1) is 5.92 Å². The van der Waals surface area contributed by atoms with Crippen molar-refractivity contribution < 1.29 is 19.8 Å². The highest BCUT2D eigenvalue weighted by atomic mass is 16.4. The van der Waals surface area contributed by atoms with Crippen molar-refractivity contribution in [3.8, 4) is 0 Å². The molecule has 0 aliphatic rings. The summed E-state index contributed by atoms with van der Waals surface area (Å²) >= 11 is 0. The van der Waals surface area contributed by atoms with Gasteiger partial charge < -0.3 is 10.2 Å². The van der Waals surface area contributed by atoms with Gasteiger partial charge >= 0.3 is 11.9 Å². The van der Waals surface area contributed by atoms with Gasteiger partial charge in [-0.25, -0.2) is 9.59 Å². The van der Waals surface area contributed by atoms with E-state index in [1.54, 1.807) is 0 Å². The van der Waals surface area contributed by atoms with Gasteiger partial charge in [0.15, 0.2) is 0 Å². The maximum absolute atomic E-state index is 11.2. The molecule has 0 atom stereocenters. The van der Waals surface area contributed by atoms with Crippen LogP contribution < -0.4 is 0 Å². The lowest BCUT2D eigenvalue weighted by molar-refractivity contribution is 0.0652. The molecule has 2 aromatic carbocycles. The molecule has 0 heterocycles. The number of carboxylic acid groups (broad SMARTS) is 2. The van der Waals surface area contributed by atoms with E-state index in [4.69, 9.17) is 5.11 Å². The quantitative estimate of drug-likeness (QED) is 0.837. The number of hydrogen-bond donors (Lipinski definition) is 2. The molecule has 0 aliphatic heterocycles. The molecule has 0 spiro atoms. The second-order valence-corrected chi connectivity index (χ2v) is 5.98. The fraction of sp³-hybridized carbons (Fsp3) is 0.333. The summed E-state index contributed by atoms with van der Waals surface area (Å²) in [6.07, 6.45) is 3.18. The average molecular weight is 300 g/mol. The zero-order valence-electron chi connectivity index (χ0n) is 12.8.